The van der Waals surface area contributed by atoms with Crippen molar-refractivity contribution >= 4 is 17.5 Å². The summed E-state index contributed by atoms with van der Waals surface area (Å²) < 4.78 is 24.5. The van der Waals surface area contributed by atoms with E-state index < -0.39 is 5.82 Å². The normalized spacial score (nSPS) is 16.2. The van der Waals surface area contributed by atoms with Crippen LogP contribution in [0.1, 0.15) is 30.6 Å². The molecule has 2 aromatic carbocycles. The van der Waals surface area contributed by atoms with Crippen LogP contribution in [0.25, 0.3) is 0 Å². The van der Waals surface area contributed by atoms with Crippen molar-refractivity contribution < 1.29 is 23.5 Å². The molecule has 0 aromatic heterocycles. The number of carbonyl (C=O) groups excluding carboxylic acids is 2. The van der Waals surface area contributed by atoms with Gasteiger partial charge < -0.3 is 19.7 Å². The Hall–Kier alpha value is -3.09. The van der Waals surface area contributed by atoms with Gasteiger partial charge in [-0.25, -0.2) is 4.39 Å². The summed E-state index contributed by atoms with van der Waals surface area (Å²) in [4.78, 5) is 26.4. The molecule has 3 rings (SSSR count). The van der Waals surface area contributed by atoms with Gasteiger partial charge in [-0.05, 0) is 50.2 Å². The maximum absolute atomic E-state index is 13.4. The van der Waals surface area contributed by atoms with Crippen molar-refractivity contribution in [3.63, 3.8) is 0 Å². The zero-order valence-corrected chi connectivity index (χ0v) is 15.9. The topological polar surface area (TPSA) is 67.9 Å². The fraction of sp³-hybridized carbons (Fsp3) is 0.333. The van der Waals surface area contributed by atoms with Gasteiger partial charge in [0.1, 0.15) is 5.82 Å². The third kappa shape index (κ3) is 4.42. The summed E-state index contributed by atoms with van der Waals surface area (Å²) in [7, 11) is 0. The maximum atomic E-state index is 13.4. The van der Waals surface area contributed by atoms with Crippen molar-refractivity contribution in [1.29, 1.82) is 0 Å². The maximum Gasteiger partial charge on any atom is 0.251 e. The van der Waals surface area contributed by atoms with Gasteiger partial charge in [0.15, 0.2) is 11.5 Å². The predicted molar refractivity (Wildman–Crippen MR) is 103 cm³/mol. The molecule has 28 heavy (non-hydrogen) atoms. The fourth-order valence-corrected chi connectivity index (χ4v) is 3.16. The molecular formula is C21H23FN2O4. The predicted octanol–water partition coefficient (Wildman–Crippen LogP) is 3.16. The first-order valence-corrected chi connectivity index (χ1v) is 9.28. The lowest BCUT2D eigenvalue weighted by atomic mass is 10.1. The minimum absolute atomic E-state index is 0.155. The van der Waals surface area contributed by atoms with E-state index in [-0.39, 0.29) is 24.3 Å². The largest absolute Gasteiger partial charge is 0.490 e. The molecule has 1 fully saturated rings. The highest BCUT2D eigenvalue weighted by Gasteiger charge is 2.32. The molecule has 1 saturated heterocycles. The Labute approximate surface area is 163 Å². The number of ether oxygens (including phenoxy) is 2. The van der Waals surface area contributed by atoms with Crippen LogP contribution < -0.4 is 19.7 Å². The fourth-order valence-electron chi connectivity index (χ4n) is 3.16. The van der Waals surface area contributed by atoms with Crippen molar-refractivity contribution in [2.75, 3.05) is 24.7 Å². The van der Waals surface area contributed by atoms with Gasteiger partial charge in [-0.15, -0.1) is 0 Å². The molecule has 1 heterocycles. The molecule has 2 amide bonds. The van der Waals surface area contributed by atoms with Gasteiger partial charge in [-0.2, -0.15) is 0 Å². The highest BCUT2D eigenvalue weighted by atomic mass is 19.1. The third-order valence-electron chi connectivity index (χ3n) is 4.39. The summed E-state index contributed by atoms with van der Waals surface area (Å²) in [5, 5.41) is 2.87. The van der Waals surface area contributed by atoms with Crippen molar-refractivity contribution in [3.8, 4) is 11.5 Å². The summed E-state index contributed by atoms with van der Waals surface area (Å²) in [5.41, 5.74) is 0.907. The number of amides is 2. The van der Waals surface area contributed by atoms with Crippen LogP contribution >= 0.6 is 0 Å². The number of nitrogens with zero attached hydrogens (tertiary/aromatic N) is 1. The number of hydrogen-bond donors (Lipinski definition) is 1. The molecule has 0 saturated carbocycles. The molecule has 0 spiro atoms. The van der Waals surface area contributed by atoms with E-state index in [9.17, 15) is 14.0 Å². The van der Waals surface area contributed by atoms with Gasteiger partial charge in [0.25, 0.3) is 5.91 Å². The number of carbonyl (C=O) groups is 2. The number of rotatable bonds is 7. The second-order valence-electron chi connectivity index (χ2n) is 6.39. The van der Waals surface area contributed by atoms with Gasteiger partial charge >= 0.3 is 0 Å². The van der Waals surface area contributed by atoms with Gasteiger partial charge in [0, 0.05) is 24.2 Å². The molecule has 0 aliphatic carbocycles. The Morgan fingerprint density at radius 2 is 1.89 bits per heavy atom. The third-order valence-corrected chi connectivity index (χ3v) is 4.39. The van der Waals surface area contributed by atoms with Crippen LogP contribution in [0.15, 0.2) is 42.5 Å². The Kier molecular flexibility index (Phi) is 6.13. The Morgan fingerprint density at radius 3 is 2.61 bits per heavy atom. The molecule has 6 nitrogen and oxygen atoms in total. The summed E-state index contributed by atoms with van der Waals surface area (Å²) in [6, 6.07) is 10.5. The van der Waals surface area contributed by atoms with Gasteiger partial charge in [0.2, 0.25) is 5.91 Å². The van der Waals surface area contributed by atoms with Crippen molar-refractivity contribution in [2.45, 2.75) is 26.3 Å². The Bertz CT molecular complexity index is 871. The molecule has 1 aliphatic rings. The highest BCUT2D eigenvalue weighted by molar-refractivity contribution is 5.99. The first kappa shape index (κ1) is 19.7. The van der Waals surface area contributed by atoms with Gasteiger partial charge in [0.05, 0.1) is 19.3 Å². The second-order valence-corrected chi connectivity index (χ2v) is 6.39. The standard InChI is InChI=1S/C21H23FN2O4/c1-3-27-18-9-8-14(10-19(18)28-4-2)21(26)23-16-12-20(25)24(13-16)17-7-5-6-15(22)11-17/h5-11,16H,3-4,12-13H2,1-2H3,(H,23,26)/t16-/m0/s1. The van der Waals surface area contributed by atoms with E-state index in [1.54, 1.807) is 30.3 Å². The molecule has 1 atom stereocenters. The zero-order chi connectivity index (χ0) is 20.1. The number of nitrogens with one attached hydrogen (secondary N) is 1. The molecule has 0 bridgehead atoms. The van der Waals surface area contributed by atoms with Gasteiger partial charge in [-0.1, -0.05) is 6.07 Å². The first-order chi connectivity index (χ1) is 13.5. The molecule has 148 valence electrons. The second kappa shape index (κ2) is 8.73. The minimum Gasteiger partial charge on any atom is -0.490 e. The molecule has 0 unspecified atom stereocenters. The molecule has 0 radical (unpaired) electrons. The summed E-state index contributed by atoms with van der Waals surface area (Å²) in [6.45, 7) is 4.96. The first-order valence-electron chi connectivity index (χ1n) is 9.28. The summed E-state index contributed by atoms with van der Waals surface area (Å²) >= 11 is 0. The number of benzene rings is 2. The SMILES string of the molecule is CCOc1ccc(C(=O)N[C@H]2CC(=O)N(c3cccc(F)c3)C2)cc1OCC. The van der Waals surface area contributed by atoms with Crippen LogP contribution in [-0.4, -0.2) is 37.6 Å². The smallest absolute Gasteiger partial charge is 0.251 e. The summed E-state index contributed by atoms with van der Waals surface area (Å²) in [6.07, 6.45) is 0.164. The molecule has 1 aliphatic heterocycles. The van der Waals surface area contributed by atoms with E-state index in [2.05, 4.69) is 5.32 Å². The van der Waals surface area contributed by atoms with Crippen molar-refractivity contribution in [1.82, 2.24) is 5.32 Å². The van der Waals surface area contributed by atoms with E-state index >= 15 is 0 Å². The Balaban J connectivity index is 1.69. The lowest BCUT2D eigenvalue weighted by Gasteiger charge is -2.17. The van der Waals surface area contributed by atoms with E-state index in [1.807, 2.05) is 13.8 Å². The van der Waals surface area contributed by atoms with E-state index in [4.69, 9.17) is 9.47 Å². The number of anilines is 1. The lowest BCUT2D eigenvalue weighted by Crippen LogP contribution is -2.37. The average molecular weight is 386 g/mol. The molecule has 7 heteroatoms. The van der Waals surface area contributed by atoms with Crippen LogP contribution in [0.5, 0.6) is 11.5 Å². The lowest BCUT2D eigenvalue weighted by molar-refractivity contribution is -0.117. The molecule has 1 N–H and O–H groups in total. The number of hydrogen-bond acceptors (Lipinski definition) is 4. The van der Waals surface area contributed by atoms with Crippen LogP contribution in [0, 0.1) is 5.82 Å². The molecular weight excluding hydrogens is 363 g/mol. The van der Waals surface area contributed by atoms with Crippen LogP contribution in [-0.2, 0) is 4.79 Å². The van der Waals surface area contributed by atoms with Crippen LogP contribution in [0.3, 0.4) is 0 Å². The quantitative estimate of drug-likeness (QED) is 0.794. The van der Waals surface area contributed by atoms with Crippen molar-refractivity contribution in [2.24, 2.45) is 0 Å². The average Bonchev–Trinajstić information content (AvgIpc) is 3.03. The monoisotopic (exact) mass is 386 g/mol. The van der Waals surface area contributed by atoms with E-state index in [0.717, 1.165) is 0 Å². The molecule has 2 aromatic rings. The van der Waals surface area contributed by atoms with E-state index in [0.29, 0.717) is 42.5 Å². The number of halogens is 1. The minimum atomic E-state index is -0.407. The highest BCUT2D eigenvalue weighted by Crippen LogP contribution is 2.29. The zero-order valence-electron chi connectivity index (χ0n) is 15.9. The van der Waals surface area contributed by atoms with E-state index in [1.165, 1.54) is 17.0 Å². The summed E-state index contributed by atoms with van der Waals surface area (Å²) in [5.74, 6) is 0.214. The van der Waals surface area contributed by atoms with Crippen molar-refractivity contribution in [3.05, 3.63) is 53.8 Å². The van der Waals surface area contributed by atoms with Crippen LogP contribution in [0.4, 0.5) is 10.1 Å². The van der Waals surface area contributed by atoms with Crippen LogP contribution in [0.2, 0.25) is 0 Å². The van der Waals surface area contributed by atoms with Gasteiger partial charge in [-0.3, -0.25) is 9.59 Å². The Morgan fingerprint density at radius 1 is 1.14 bits per heavy atom.